The van der Waals surface area contributed by atoms with Crippen LogP contribution >= 0.6 is 0 Å². The van der Waals surface area contributed by atoms with Gasteiger partial charge in [0.05, 0.1) is 12.3 Å². The Morgan fingerprint density at radius 2 is 1.70 bits per heavy atom. The molecule has 1 fully saturated rings. The molecule has 1 atom stereocenters. The summed E-state index contributed by atoms with van der Waals surface area (Å²) < 4.78 is 0. The highest BCUT2D eigenvalue weighted by Crippen LogP contribution is 2.29. The van der Waals surface area contributed by atoms with E-state index in [9.17, 15) is 9.90 Å². The lowest BCUT2D eigenvalue weighted by molar-refractivity contribution is 0.133. The van der Waals surface area contributed by atoms with Crippen LogP contribution in [-0.4, -0.2) is 46.5 Å². The van der Waals surface area contributed by atoms with Gasteiger partial charge in [-0.2, -0.15) is 5.10 Å². The molecule has 0 saturated carbocycles. The van der Waals surface area contributed by atoms with Crippen molar-refractivity contribution in [1.29, 1.82) is 0 Å². The maximum Gasteiger partial charge on any atom is 0.352 e. The first-order valence-corrected chi connectivity index (χ1v) is 9.46. The second-order valence-corrected chi connectivity index (χ2v) is 7.04. The van der Waals surface area contributed by atoms with Gasteiger partial charge in [0.2, 0.25) is 0 Å². The molecule has 0 aliphatic carbocycles. The van der Waals surface area contributed by atoms with E-state index in [1.807, 2.05) is 35.3 Å². The maximum absolute atomic E-state index is 12.7. The van der Waals surface area contributed by atoms with Crippen LogP contribution < -0.4 is 5.43 Å². The first kappa shape index (κ1) is 17.5. The largest absolute Gasteiger partial charge is 0.508 e. The average Bonchev–Trinajstić information content (AvgIpc) is 3.16. The van der Waals surface area contributed by atoms with E-state index in [4.69, 9.17) is 0 Å². The first-order valence-electron chi connectivity index (χ1n) is 9.46. The van der Waals surface area contributed by atoms with Gasteiger partial charge in [-0.15, -0.1) is 0 Å². The fourth-order valence-corrected chi connectivity index (χ4v) is 3.67. The van der Waals surface area contributed by atoms with Gasteiger partial charge in [0.25, 0.3) is 0 Å². The highest BCUT2D eigenvalue weighted by molar-refractivity contribution is 6.07. The Morgan fingerprint density at radius 3 is 2.41 bits per heavy atom. The van der Waals surface area contributed by atoms with E-state index in [0.29, 0.717) is 6.54 Å². The molecular formula is C21H24N4O2. The minimum atomic E-state index is -0.188. The first-order chi connectivity index (χ1) is 13.2. The number of urea groups is 1. The molecule has 2 amide bonds. The number of amides is 2. The number of benzene rings is 2. The van der Waals surface area contributed by atoms with Gasteiger partial charge in [-0.3, -0.25) is 5.43 Å². The van der Waals surface area contributed by atoms with E-state index in [1.165, 1.54) is 11.4 Å². The van der Waals surface area contributed by atoms with Crippen LogP contribution in [0, 0.1) is 0 Å². The summed E-state index contributed by atoms with van der Waals surface area (Å²) in [5.74, 6) is 0.219. The van der Waals surface area contributed by atoms with Crippen LogP contribution in [0.1, 0.15) is 36.3 Å². The molecule has 0 radical (unpaired) electrons. The molecule has 4 rings (SSSR count). The molecular weight excluding hydrogens is 340 g/mol. The number of rotatable bonds is 3. The van der Waals surface area contributed by atoms with Crippen molar-refractivity contribution < 1.29 is 9.90 Å². The number of nitrogens with one attached hydrogen (secondary N) is 1. The smallest absolute Gasteiger partial charge is 0.352 e. The molecule has 6 nitrogen and oxygen atoms in total. The molecule has 2 aliphatic rings. The van der Waals surface area contributed by atoms with Crippen LogP contribution in [0.3, 0.4) is 0 Å². The minimum absolute atomic E-state index is 0.00264. The molecule has 0 spiro atoms. The van der Waals surface area contributed by atoms with Gasteiger partial charge in [-0.05, 0) is 48.2 Å². The lowest BCUT2D eigenvalue weighted by Gasteiger charge is -2.28. The Balaban J connectivity index is 1.58. The zero-order valence-electron chi connectivity index (χ0n) is 15.2. The lowest BCUT2D eigenvalue weighted by Crippen LogP contribution is -2.49. The van der Waals surface area contributed by atoms with Crippen LogP contribution in [0.4, 0.5) is 4.79 Å². The molecule has 27 heavy (non-hydrogen) atoms. The van der Waals surface area contributed by atoms with Crippen molar-refractivity contribution in [1.82, 2.24) is 15.4 Å². The Kier molecular flexibility index (Phi) is 5.07. The van der Waals surface area contributed by atoms with Crippen LogP contribution in [0.2, 0.25) is 0 Å². The number of phenols is 1. The molecule has 0 bridgehead atoms. The third-order valence-corrected chi connectivity index (χ3v) is 5.12. The molecule has 140 valence electrons. The molecule has 2 heterocycles. The number of aromatic hydroxyl groups is 1. The Morgan fingerprint density at radius 1 is 1.00 bits per heavy atom. The fraction of sp³-hybridized carbons (Fsp3) is 0.333. The molecule has 2 N–H and O–H groups in total. The fourth-order valence-electron chi connectivity index (χ4n) is 3.67. The van der Waals surface area contributed by atoms with Gasteiger partial charge >= 0.3 is 6.03 Å². The van der Waals surface area contributed by atoms with Gasteiger partial charge in [-0.1, -0.05) is 36.8 Å². The molecule has 2 aromatic carbocycles. The van der Waals surface area contributed by atoms with Crippen molar-refractivity contribution in [3.8, 4) is 5.75 Å². The zero-order chi connectivity index (χ0) is 18.6. The second kappa shape index (κ2) is 7.80. The standard InChI is InChI=1S/C21H24N4O2/c26-18-11-9-17(10-12-18)20-19(16-7-3-1-4-8-16)15-25(22-20)21(27)23-24-13-5-2-6-14-24/h1,3-4,7-12,19,26H,2,5-6,13-15H2,(H,23,27). The summed E-state index contributed by atoms with van der Waals surface area (Å²) >= 11 is 0. The number of nitrogens with zero attached hydrogens (tertiary/aromatic N) is 3. The summed E-state index contributed by atoms with van der Waals surface area (Å²) in [4.78, 5) is 12.7. The minimum Gasteiger partial charge on any atom is -0.508 e. The predicted octanol–water partition coefficient (Wildman–Crippen LogP) is 3.31. The third-order valence-electron chi connectivity index (χ3n) is 5.12. The average molecular weight is 364 g/mol. The van der Waals surface area contributed by atoms with Crippen molar-refractivity contribution in [3.63, 3.8) is 0 Å². The third kappa shape index (κ3) is 3.95. The number of hydrazone groups is 1. The van der Waals surface area contributed by atoms with E-state index >= 15 is 0 Å². The molecule has 1 unspecified atom stereocenters. The summed E-state index contributed by atoms with van der Waals surface area (Å²) in [5.41, 5.74) is 5.86. The van der Waals surface area contributed by atoms with E-state index in [0.717, 1.165) is 42.8 Å². The quantitative estimate of drug-likeness (QED) is 0.878. The monoisotopic (exact) mass is 364 g/mol. The van der Waals surface area contributed by atoms with Crippen molar-refractivity contribution in [2.24, 2.45) is 5.10 Å². The normalized spacial score (nSPS) is 20.4. The number of hydrazine groups is 1. The van der Waals surface area contributed by atoms with Crippen LogP contribution in [0.5, 0.6) is 5.75 Å². The van der Waals surface area contributed by atoms with E-state index < -0.39 is 0 Å². The summed E-state index contributed by atoms with van der Waals surface area (Å²) in [6, 6.07) is 16.9. The molecule has 6 heteroatoms. The topological polar surface area (TPSA) is 68.2 Å². The van der Waals surface area contributed by atoms with E-state index in [1.54, 1.807) is 12.1 Å². The maximum atomic E-state index is 12.7. The molecule has 1 saturated heterocycles. The predicted molar refractivity (Wildman–Crippen MR) is 104 cm³/mol. The lowest BCUT2D eigenvalue weighted by atomic mass is 9.91. The number of hydrogen-bond donors (Lipinski definition) is 2. The highest BCUT2D eigenvalue weighted by atomic mass is 16.3. The van der Waals surface area contributed by atoms with Crippen molar-refractivity contribution in [3.05, 3.63) is 65.7 Å². The van der Waals surface area contributed by atoms with Crippen molar-refractivity contribution in [2.45, 2.75) is 25.2 Å². The number of carbonyl (C=O) groups excluding carboxylic acids is 1. The van der Waals surface area contributed by atoms with Crippen LogP contribution in [0.15, 0.2) is 59.7 Å². The van der Waals surface area contributed by atoms with Gasteiger partial charge < -0.3 is 5.11 Å². The SMILES string of the molecule is O=C(NN1CCCCC1)N1CC(c2ccccc2)C(c2ccc(O)cc2)=N1. The summed E-state index contributed by atoms with van der Waals surface area (Å²) in [5, 5.41) is 17.7. The highest BCUT2D eigenvalue weighted by Gasteiger charge is 2.32. The molecule has 2 aromatic rings. The zero-order valence-corrected chi connectivity index (χ0v) is 15.2. The Labute approximate surface area is 159 Å². The molecule has 2 aliphatic heterocycles. The molecule has 0 aromatic heterocycles. The summed E-state index contributed by atoms with van der Waals surface area (Å²) in [6.07, 6.45) is 3.43. The van der Waals surface area contributed by atoms with Crippen molar-refractivity contribution in [2.75, 3.05) is 19.6 Å². The second-order valence-electron chi connectivity index (χ2n) is 7.04. The van der Waals surface area contributed by atoms with Crippen molar-refractivity contribution >= 4 is 11.7 Å². The summed E-state index contributed by atoms with van der Waals surface area (Å²) in [7, 11) is 0. The Bertz CT molecular complexity index is 814. The van der Waals surface area contributed by atoms with E-state index in [-0.39, 0.29) is 17.7 Å². The van der Waals surface area contributed by atoms with Gasteiger partial charge in [0, 0.05) is 19.0 Å². The number of phenolic OH excluding ortho intramolecular Hbond substituents is 1. The summed E-state index contributed by atoms with van der Waals surface area (Å²) in [6.45, 7) is 2.27. The van der Waals surface area contributed by atoms with Gasteiger partial charge in [-0.25, -0.2) is 14.8 Å². The van der Waals surface area contributed by atoms with Crippen LogP contribution in [-0.2, 0) is 0 Å². The number of carbonyl (C=O) groups is 1. The Hall–Kier alpha value is -2.86. The van der Waals surface area contributed by atoms with Crippen LogP contribution in [0.25, 0.3) is 0 Å². The number of piperidine rings is 1. The number of hydrogen-bond acceptors (Lipinski definition) is 4. The van der Waals surface area contributed by atoms with Gasteiger partial charge in [0.1, 0.15) is 5.75 Å². The van der Waals surface area contributed by atoms with Gasteiger partial charge in [0.15, 0.2) is 0 Å². The van der Waals surface area contributed by atoms with E-state index in [2.05, 4.69) is 22.7 Å².